The van der Waals surface area contributed by atoms with Gasteiger partial charge in [0, 0.05) is 17.6 Å². The Labute approximate surface area is 249 Å². The van der Waals surface area contributed by atoms with Crippen LogP contribution in [0.3, 0.4) is 0 Å². The standard InChI is InChI=1S/C29H33BrClN3O5S/c1-19(2)32-29(36)21(4)33(17-22-8-10-23(31)11-9-22)28(35)18-34(24-12-6-20(3)7-13-24)40(37,38)25-14-15-27(39-5)26(30)16-25/h6-16,19,21H,17-18H2,1-5H3,(H,32,36)/t21-/m0/s1. The fourth-order valence-corrected chi connectivity index (χ4v) is 6.21. The SMILES string of the molecule is COc1ccc(S(=O)(=O)N(CC(=O)N(Cc2ccc(Cl)cc2)[C@@H](C)C(=O)NC(C)C)c2ccc(C)cc2)cc1Br. The van der Waals surface area contributed by atoms with E-state index >= 15 is 0 Å². The van der Waals surface area contributed by atoms with E-state index in [2.05, 4.69) is 21.2 Å². The average molecular weight is 651 g/mol. The highest BCUT2D eigenvalue weighted by Crippen LogP contribution is 2.31. The number of aryl methyl sites for hydroxylation is 1. The Morgan fingerprint density at radius 2 is 1.62 bits per heavy atom. The average Bonchev–Trinajstić information content (AvgIpc) is 2.91. The number of hydrogen-bond acceptors (Lipinski definition) is 5. The van der Waals surface area contributed by atoms with Crippen LogP contribution in [-0.4, -0.2) is 50.9 Å². The normalized spacial score (nSPS) is 12.1. The van der Waals surface area contributed by atoms with Crippen molar-refractivity contribution in [2.75, 3.05) is 18.0 Å². The van der Waals surface area contributed by atoms with Crippen LogP contribution in [-0.2, 0) is 26.2 Å². The smallest absolute Gasteiger partial charge is 0.264 e. The second kappa shape index (κ2) is 13.5. The number of methoxy groups -OCH3 is 1. The molecule has 40 heavy (non-hydrogen) atoms. The van der Waals surface area contributed by atoms with Crippen molar-refractivity contribution in [1.82, 2.24) is 10.2 Å². The first-order valence-electron chi connectivity index (χ1n) is 12.6. The Kier molecular flexibility index (Phi) is 10.6. The minimum absolute atomic E-state index is 0.0246. The third-order valence-corrected chi connectivity index (χ3v) is 8.82. The molecule has 1 atom stereocenters. The third kappa shape index (κ3) is 7.77. The largest absolute Gasteiger partial charge is 0.496 e. The van der Waals surface area contributed by atoms with Crippen LogP contribution in [0, 0.1) is 6.92 Å². The van der Waals surface area contributed by atoms with Gasteiger partial charge in [-0.25, -0.2) is 8.42 Å². The summed E-state index contributed by atoms with van der Waals surface area (Å²) in [6, 6.07) is 17.2. The summed E-state index contributed by atoms with van der Waals surface area (Å²) in [6.45, 7) is 6.72. The molecule has 0 aliphatic rings. The predicted octanol–water partition coefficient (Wildman–Crippen LogP) is 5.56. The number of carbonyl (C=O) groups excluding carboxylic acids is 2. The Hall–Kier alpha value is -3.08. The lowest BCUT2D eigenvalue weighted by molar-refractivity contribution is -0.139. The Balaban J connectivity index is 2.04. The maximum atomic E-state index is 14.0. The maximum absolute atomic E-state index is 14.0. The highest BCUT2D eigenvalue weighted by atomic mass is 79.9. The summed E-state index contributed by atoms with van der Waals surface area (Å²) in [5.41, 5.74) is 1.99. The fraction of sp³-hybridized carbons (Fsp3) is 0.310. The van der Waals surface area contributed by atoms with E-state index in [1.54, 1.807) is 55.5 Å². The first-order chi connectivity index (χ1) is 18.8. The van der Waals surface area contributed by atoms with E-state index in [0.717, 1.165) is 15.4 Å². The fourth-order valence-electron chi connectivity index (χ4n) is 3.95. The second-order valence-electron chi connectivity index (χ2n) is 9.63. The molecule has 214 valence electrons. The van der Waals surface area contributed by atoms with Gasteiger partial charge in [-0.3, -0.25) is 13.9 Å². The number of carbonyl (C=O) groups is 2. The molecular weight excluding hydrogens is 618 g/mol. The number of hydrogen-bond donors (Lipinski definition) is 1. The predicted molar refractivity (Wildman–Crippen MR) is 161 cm³/mol. The molecule has 1 N–H and O–H groups in total. The number of rotatable bonds is 11. The molecule has 0 saturated carbocycles. The van der Waals surface area contributed by atoms with Crippen molar-refractivity contribution in [1.29, 1.82) is 0 Å². The van der Waals surface area contributed by atoms with Gasteiger partial charge in [0.1, 0.15) is 18.3 Å². The van der Waals surface area contributed by atoms with Crippen LogP contribution in [0.4, 0.5) is 5.69 Å². The molecule has 2 amide bonds. The zero-order valence-corrected chi connectivity index (χ0v) is 26.2. The zero-order chi connectivity index (χ0) is 29.6. The summed E-state index contributed by atoms with van der Waals surface area (Å²) >= 11 is 9.39. The molecule has 3 rings (SSSR count). The number of nitrogens with one attached hydrogen (secondary N) is 1. The van der Waals surface area contributed by atoms with Crippen LogP contribution in [0.1, 0.15) is 31.9 Å². The molecule has 0 aromatic heterocycles. The highest BCUT2D eigenvalue weighted by molar-refractivity contribution is 9.10. The van der Waals surface area contributed by atoms with Crippen molar-refractivity contribution in [2.45, 2.75) is 51.2 Å². The van der Waals surface area contributed by atoms with Crippen LogP contribution in [0.15, 0.2) is 76.1 Å². The molecule has 0 fully saturated rings. The first-order valence-corrected chi connectivity index (χ1v) is 15.2. The monoisotopic (exact) mass is 649 g/mol. The topological polar surface area (TPSA) is 96.0 Å². The van der Waals surface area contributed by atoms with E-state index in [-0.39, 0.29) is 23.4 Å². The van der Waals surface area contributed by atoms with Gasteiger partial charge in [-0.15, -0.1) is 0 Å². The van der Waals surface area contributed by atoms with Crippen LogP contribution in [0.2, 0.25) is 5.02 Å². The summed E-state index contributed by atoms with van der Waals surface area (Å²) in [7, 11) is -2.72. The molecular formula is C29H33BrClN3O5S. The molecule has 3 aromatic carbocycles. The molecule has 0 heterocycles. The number of halogens is 2. The number of nitrogens with zero attached hydrogens (tertiary/aromatic N) is 2. The molecule has 0 spiro atoms. The number of ether oxygens (including phenoxy) is 1. The van der Waals surface area contributed by atoms with Crippen molar-refractivity contribution in [3.63, 3.8) is 0 Å². The summed E-state index contributed by atoms with van der Waals surface area (Å²) in [5, 5.41) is 3.37. The summed E-state index contributed by atoms with van der Waals surface area (Å²) in [6.07, 6.45) is 0. The minimum atomic E-state index is -4.20. The van der Waals surface area contributed by atoms with Gasteiger partial charge in [-0.1, -0.05) is 41.4 Å². The van der Waals surface area contributed by atoms with E-state index in [4.69, 9.17) is 16.3 Å². The second-order valence-corrected chi connectivity index (χ2v) is 12.8. The Morgan fingerprint density at radius 3 is 2.17 bits per heavy atom. The molecule has 11 heteroatoms. The highest BCUT2D eigenvalue weighted by Gasteiger charge is 2.33. The number of sulfonamides is 1. The van der Waals surface area contributed by atoms with E-state index < -0.39 is 28.5 Å². The third-order valence-electron chi connectivity index (χ3n) is 6.18. The van der Waals surface area contributed by atoms with Gasteiger partial charge in [0.2, 0.25) is 11.8 Å². The van der Waals surface area contributed by atoms with Crippen LogP contribution < -0.4 is 14.4 Å². The molecule has 0 unspecified atom stereocenters. The lowest BCUT2D eigenvalue weighted by Crippen LogP contribution is -2.52. The van der Waals surface area contributed by atoms with Gasteiger partial charge in [-0.2, -0.15) is 0 Å². The van der Waals surface area contributed by atoms with Crippen LogP contribution in [0.5, 0.6) is 5.75 Å². The minimum Gasteiger partial charge on any atom is -0.496 e. The lowest BCUT2D eigenvalue weighted by atomic mass is 10.1. The molecule has 8 nitrogen and oxygen atoms in total. The van der Waals surface area contributed by atoms with Crippen molar-refractivity contribution in [3.8, 4) is 5.75 Å². The molecule has 0 radical (unpaired) electrons. The van der Waals surface area contributed by atoms with Crippen molar-refractivity contribution in [3.05, 3.63) is 87.4 Å². The number of benzene rings is 3. The van der Waals surface area contributed by atoms with Gasteiger partial charge in [0.05, 0.1) is 22.2 Å². The number of amides is 2. The molecule has 0 bridgehead atoms. The maximum Gasteiger partial charge on any atom is 0.264 e. The van der Waals surface area contributed by atoms with E-state index in [0.29, 0.717) is 20.9 Å². The van der Waals surface area contributed by atoms with Gasteiger partial charge < -0.3 is 15.0 Å². The quantitative estimate of drug-likeness (QED) is 0.293. The van der Waals surface area contributed by atoms with Crippen LogP contribution >= 0.6 is 27.5 Å². The molecule has 0 aliphatic heterocycles. The lowest BCUT2D eigenvalue weighted by Gasteiger charge is -2.32. The Bertz CT molecular complexity index is 1450. The summed E-state index contributed by atoms with van der Waals surface area (Å²) in [4.78, 5) is 28.3. The molecule has 0 saturated heterocycles. The van der Waals surface area contributed by atoms with Crippen molar-refractivity contribution < 1.29 is 22.7 Å². The van der Waals surface area contributed by atoms with Gasteiger partial charge in [0.25, 0.3) is 10.0 Å². The van der Waals surface area contributed by atoms with Crippen LogP contribution in [0.25, 0.3) is 0 Å². The summed E-state index contributed by atoms with van der Waals surface area (Å²) < 4.78 is 34.7. The van der Waals surface area contributed by atoms with E-state index in [1.165, 1.54) is 30.2 Å². The van der Waals surface area contributed by atoms with E-state index in [1.807, 2.05) is 20.8 Å². The van der Waals surface area contributed by atoms with Crippen molar-refractivity contribution >= 4 is 55.1 Å². The van der Waals surface area contributed by atoms with E-state index in [9.17, 15) is 18.0 Å². The Morgan fingerprint density at radius 1 is 1.00 bits per heavy atom. The van der Waals surface area contributed by atoms with Crippen molar-refractivity contribution in [2.24, 2.45) is 0 Å². The first kappa shape index (κ1) is 31.4. The number of anilines is 1. The molecule has 3 aromatic rings. The van der Waals surface area contributed by atoms with Gasteiger partial charge in [-0.05, 0) is 91.7 Å². The zero-order valence-electron chi connectivity index (χ0n) is 23.0. The molecule has 0 aliphatic carbocycles. The summed E-state index contributed by atoms with van der Waals surface area (Å²) in [5.74, 6) is -0.421. The van der Waals surface area contributed by atoms with Gasteiger partial charge >= 0.3 is 0 Å². The van der Waals surface area contributed by atoms with Gasteiger partial charge in [0.15, 0.2) is 0 Å².